The van der Waals surface area contributed by atoms with Crippen LogP contribution in [0, 0.1) is 6.92 Å². The lowest BCUT2D eigenvalue weighted by Gasteiger charge is -2.04. The number of para-hydroxylation sites is 2. The topological polar surface area (TPSA) is 91.0 Å². The lowest BCUT2D eigenvalue weighted by atomic mass is 10.2. The summed E-state index contributed by atoms with van der Waals surface area (Å²) in [5.41, 5.74) is 2.80. The molecule has 0 aliphatic heterocycles. The maximum absolute atomic E-state index is 11.4. The molecular weight excluding hydrogens is 316 g/mol. The van der Waals surface area contributed by atoms with E-state index in [2.05, 4.69) is 24.9 Å². The predicted molar refractivity (Wildman–Crippen MR) is 84.9 cm³/mol. The van der Waals surface area contributed by atoms with Crippen LogP contribution in [0.25, 0.3) is 22.6 Å². The zero-order valence-electron chi connectivity index (χ0n) is 12.8. The number of rotatable bonds is 4. The molecule has 3 rings (SSSR count). The molecule has 2 heterocycles. The summed E-state index contributed by atoms with van der Waals surface area (Å²) in [6.07, 6.45) is 0. The van der Waals surface area contributed by atoms with Gasteiger partial charge in [-0.3, -0.25) is 4.79 Å². The van der Waals surface area contributed by atoms with Crippen molar-refractivity contribution in [1.82, 2.24) is 20.2 Å². The van der Waals surface area contributed by atoms with Gasteiger partial charge >= 0.3 is 5.97 Å². The SMILES string of the molecule is COC(=O)C(C)Sc1nnc(-c2nc3ccccc3nc2C)o1. The lowest BCUT2D eigenvalue weighted by Crippen LogP contribution is -2.14. The van der Waals surface area contributed by atoms with E-state index in [-0.39, 0.29) is 17.1 Å². The molecule has 1 unspecified atom stereocenters. The molecule has 0 saturated carbocycles. The zero-order valence-corrected chi connectivity index (χ0v) is 13.6. The summed E-state index contributed by atoms with van der Waals surface area (Å²) in [4.78, 5) is 20.5. The Kier molecular flexibility index (Phi) is 4.24. The van der Waals surface area contributed by atoms with Crippen LogP contribution >= 0.6 is 11.8 Å². The number of hydrogen-bond donors (Lipinski definition) is 0. The van der Waals surface area contributed by atoms with Gasteiger partial charge in [-0.05, 0) is 26.0 Å². The Balaban J connectivity index is 1.91. The number of thioether (sulfide) groups is 1. The van der Waals surface area contributed by atoms with Gasteiger partial charge in [-0.15, -0.1) is 10.2 Å². The van der Waals surface area contributed by atoms with Gasteiger partial charge in [0.1, 0.15) is 10.9 Å². The molecule has 0 bridgehead atoms. The minimum Gasteiger partial charge on any atom is -0.468 e. The highest BCUT2D eigenvalue weighted by atomic mass is 32.2. The van der Waals surface area contributed by atoms with Crippen molar-refractivity contribution in [2.24, 2.45) is 0 Å². The second-order valence-corrected chi connectivity index (χ2v) is 6.09. The molecule has 1 atom stereocenters. The van der Waals surface area contributed by atoms with E-state index in [4.69, 9.17) is 4.42 Å². The first-order chi connectivity index (χ1) is 11.1. The van der Waals surface area contributed by atoms with E-state index in [1.165, 1.54) is 7.11 Å². The van der Waals surface area contributed by atoms with Crippen LogP contribution in [0.3, 0.4) is 0 Å². The summed E-state index contributed by atoms with van der Waals surface area (Å²) in [7, 11) is 1.34. The number of fused-ring (bicyclic) bond motifs is 1. The number of benzene rings is 1. The maximum Gasteiger partial charge on any atom is 0.319 e. The molecule has 8 heteroatoms. The average molecular weight is 330 g/mol. The van der Waals surface area contributed by atoms with Crippen LogP contribution in [0.5, 0.6) is 0 Å². The molecular formula is C15H14N4O3S. The lowest BCUT2D eigenvalue weighted by molar-refractivity contribution is -0.139. The third-order valence-electron chi connectivity index (χ3n) is 3.16. The highest BCUT2D eigenvalue weighted by molar-refractivity contribution is 8.00. The standard InChI is InChI=1S/C15H14N4O3S/c1-8-12(17-11-7-5-4-6-10(11)16-8)13-18-19-15(22-13)23-9(2)14(20)21-3/h4-7,9H,1-3H3. The molecule has 7 nitrogen and oxygen atoms in total. The predicted octanol–water partition coefficient (Wildman–Crippen LogP) is 2.64. The third kappa shape index (κ3) is 3.16. The van der Waals surface area contributed by atoms with Gasteiger partial charge < -0.3 is 9.15 Å². The van der Waals surface area contributed by atoms with Crippen molar-refractivity contribution in [1.29, 1.82) is 0 Å². The summed E-state index contributed by atoms with van der Waals surface area (Å²) < 4.78 is 10.3. The molecule has 0 amide bonds. The van der Waals surface area contributed by atoms with E-state index in [0.29, 0.717) is 11.4 Å². The number of hydrogen-bond acceptors (Lipinski definition) is 8. The van der Waals surface area contributed by atoms with Gasteiger partial charge in [-0.2, -0.15) is 0 Å². The first kappa shape index (κ1) is 15.4. The summed E-state index contributed by atoms with van der Waals surface area (Å²) in [6, 6.07) is 7.57. The summed E-state index contributed by atoms with van der Waals surface area (Å²) in [6.45, 7) is 3.55. The molecule has 2 aromatic heterocycles. The number of aryl methyl sites for hydroxylation is 1. The summed E-state index contributed by atoms with van der Waals surface area (Å²) >= 11 is 1.14. The van der Waals surface area contributed by atoms with E-state index >= 15 is 0 Å². The molecule has 0 radical (unpaired) electrons. The molecule has 1 aromatic carbocycles. The Morgan fingerprint density at radius 3 is 2.61 bits per heavy atom. The molecule has 0 aliphatic carbocycles. The monoisotopic (exact) mass is 330 g/mol. The van der Waals surface area contributed by atoms with Crippen LogP contribution in [-0.2, 0) is 9.53 Å². The summed E-state index contributed by atoms with van der Waals surface area (Å²) in [5, 5.41) is 7.79. The molecule has 3 aromatic rings. The van der Waals surface area contributed by atoms with Crippen molar-refractivity contribution < 1.29 is 13.9 Å². The van der Waals surface area contributed by atoms with Crippen LogP contribution in [0.1, 0.15) is 12.6 Å². The first-order valence-corrected chi connectivity index (χ1v) is 7.78. The van der Waals surface area contributed by atoms with Crippen molar-refractivity contribution >= 4 is 28.8 Å². The number of nitrogens with zero attached hydrogens (tertiary/aromatic N) is 4. The molecule has 0 fully saturated rings. The first-order valence-electron chi connectivity index (χ1n) is 6.90. The Hall–Kier alpha value is -2.48. The highest BCUT2D eigenvalue weighted by Crippen LogP contribution is 2.27. The Morgan fingerprint density at radius 1 is 1.22 bits per heavy atom. The molecule has 23 heavy (non-hydrogen) atoms. The molecule has 0 aliphatic rings. The van der Waals surface area contributed by atoms with Gasteiger partial charge in [-0.25, -0.2) is 9.97 Å². The number of aromatic nitrogens is 4. The number of ether oxygens (including phenoxy) is 1. The fourth-order valence-corrected chi connectivity index (χ4v) is 2.72. The van der Waals surface area contributed by atoms with Crippen LogP contribution in [0.15, 0.2) is 33.9 Å². The van der Waals surface area contributed by atoms with Crippen molar-refractivity contribution in [3.8, 4) is 11.6 Å². The van der Waals surface area contributed by atoms with Gasteiger partial charge in [0.05, 0.1) is 23.8 Å². The number of methoxy groups -OCH3 is 1. The van der Waals surface area contributed by atoms with Gasteiger partial charge in [-0.1, -0.05) is 23.9 Å². The van der Waals surface area contributed by atoms with Crippen LogP contribution in [-0.4, -0.2) is 38.5 Å². The van der Waals surface area contributed by atoms with E-state index in [1.54, 1.807) is 6.92 Å². The van der Waals surface area contributed by atoms with Crippen LogP contribution in [0.4, 0.5) is 0 Å². The zero-order chi connectivity index (χ0) is 16.4. The van der Waals surface area contributed by atoms with E-state index in [9.17, 15) is 4.79 Å². The number of esters is 1. The number of carbonyl (C=O) groups excluding carboxylic acids is 1. The van der Waals surface area contributed by atoms with E-state index in [1.807, 2.05) is 31.2 Å². The van der Waals surface area contributed by atoms with Gasteiger partial charge in [0, 0.05) is 0 Å². The largest absolute Gasteiger partial charge is 0.468 e. The van der Waals surface area contributed by atoms with Crippen molar-refractivity contribution in [2.45, 2.75) is 24.3 Å². The third-order valence-corrected chi connectivity index (χ3v) is 4.08. The van der Waals surface area contributed by atoms with Crippen molar-refractivity contribution in [3.05, 3.63) is 30.0 Å². The highest BCUT2D eigenvalue weighted by Gasteiger charge is 2.20. The second-order valence-electron chi connectivity index (χ2n) is 4.80. The van der Waals surface area contributed by atoms with Crippen LogP contribution < -0.4 is 0 Å². The molecule has 0 spiro atoms. The smallest absolute Gasteiger partial charge is 0.319 e. The van der Waals surface area contributed by atoms with E-state index in [0.717, 1.165) is 22.8 Å². The normalized spacial score (nSPS) is 12.3. The molecule has 0 saturated heterocycles. The maximum atomic E-state index is 11.4. The number of carbonyl (C=O) groups is 1. The van der Waals surface area contributed by atoms with E-state index < -0.39 is 5.25 Å². The van der Waals surface area contributed by atoms with Crippen molar-refractivity contribution in [3.63, 3.8) is 0 Å². The van der Waals surface area contributed by atoms with Gasteiger partial charge in [0.25, 0.3) is 11.1 Å². The molecule has 118 valence electrons. The fourth-order valence-electron chi connectivity index (χ4n) is 2.01. The Morgan fingerprint density at radius 2 is 1.91 bits per heavy atom. The fraction of sp³-hybridized carbons (Fsp3) is 0.267. The second kappa shape index (κ2) is 6.33. The molecule has 0 N–H and O–H groups in total. The minimum atomic E-state index is -0.433. The Labute approximate surface area is 136 Å². The van der Waals surface area contributed by atoms with Crippen molar-refractivity contribution in [2.75, 3.05) is 7.11 Å². The quantitative estimate of drug-likeness (QED) is 0.532. The summed E-state index contributed by atoms with van der Waals surface area (Å²) in [5.74, 6) is -0.0725. The Bertz CT molecular complexity index is 865. The minimum absolute atomic E-state index is 0.278. The van der Waals surface area contributed by atoms with Gasteiger partial charge in [0.15, 0.2) is 0 Å². The van der Waals surface area contributed by atoms with Gasteiger partial charge in [0.2, 0.25) is 0 Å². The van der Waals surface area contributed by atoms with Crippen LogP contribution in [0.2, 0.25) is 0 Å². The average Bonchev–Trinajstić information content (AvgIpc) is 3.01.